The van der Waals surface area contributed by atoms with Crippen LogP contribution in [0, 0.1) is 0 Å². The number of quaternary nitrogens is 2. The average Bonchev–Trinajstić information content (AvgIpc) is 2.41. The molecule has 0 aromatic heterocycles. The molecule has 3 aliphatic rings. The van der Waals surface area contributed by atoms with Crippen LogP contribution >= 0.6 is 0 Å². The van der Waals surface area contributed by atoms with Crippen molar-refractivity contribution in [2.24, 2.45) is 0 Å². The van der Waals surface area contributed by atoms with Crippen molar-refractivity contribution in [3.63, 3.8) is 0 Å². The van der Waals surface area contributed by atoms with Gasteiger partial charge in [-0.1, -0.05) is 12.8 Å². The molecule has 2 heteroatoms. The van der Waals surface area contributed by atoms with E-state index >= 15 is 0 Å². The van der Waals surface area contributed by atoms with Crippen LogP contribution in [0.1, 0.15) is 64.2 Å². The van der Waals surface area contributed by atoms with Crippen molar-refractivity contribution in [1.82, 2.24) is 0 Å². The number of hydrogen-bond donors (Lipinski definition) is 0. The zero-order valence-electron chi connectivity index (χ0n) is 13.6. The Hall–Kier alpha value is -0.0800. The van der Waals surface area contributed by atoms with Crippen LogP contribution in [0.15, 0.2) is 0 Å². The van der Waals surface area contributed by atoms with Gasteiger partial charge in [0.05, 0.1) is 26.2 Å². The molecular formula is C18H36N2+2. The minimum atomic E-state index is 1.50. The molecule has 0 aromatic carbocycles. The van der Waals surface area contributed by atoms with Gasteiger partial charge in [0.2, 0.25) is 0 Å². The molecule has 3 heterocycles. The van der Waals surface area contributed by atoms with Gasteiger partial charge in [0.25, 0.3) is 0 Å². The van der Waals surface area contributed by atoms with E-state index in [1.54, 1.807) is 0 Å². The van der Waals surface area contributed by atoms with Crippen LogP contribution in [-0.2, 0) is 0 Å². The van der Waals surface area contributed by atoms with E-state index in [-0.39, 0.29) is 0 Å². The number of rotatable bonds is 0. The second kappa shape index (κ2) is 6.79. The Balaban J connectivity index is 1.58. The summed E-state index contributed by atoms with van der Waals surface area (Å²) in [6, 6.07) is 0. The van der Waals surface area contributed by atoms with Crippen molar-refractivity contribution < 1.29 is 8.97 Å². The quantitative estimate of drug-likeness (QED) is 0.595. The molecule has 2 nitrogen and oxygen atoms in total. The van der Waals surface area contributed by atoms with Crippen molar-refractivity contribution in [2.75, 3.05) is 52.4 Å². The fraction of sp³-hybridized carbons (Fsp3) is 1.00. The highest BCUT2D eigenvalue weighted by Gasteiger charge is 2.41. The summed E-state index contributed by atoms with van der Waals surface area (Å²) < 4.78 is 3.00. The fourth-order valence-corrected chi connectivity index (χ4v) is 5.04. The third-order valence-electron chi connectivity index (χ3n) is 6.63. The second-order valence-electron chi connectivity index (χ2n) is 8.01. The van der Waals surface area contributed by atoms with E-state index < -0.39 is 0 Å². The molecule has 3 aliphatic heterocycles. The molecule has 0 unspecified atom stereocenters. The molecule has 20 heavy (non-hydrogen) atoms. The lowest BCUT2D eigenvalue weighted by molar-refractivity contribution is -1.03. The number of hydrogen-bond acceptors (Lipinski definition) is 0. The summed E-state index contributed by atoms with van der Waals surface area (Å²) in [6.45, 7) is 12.0. The van der Waals surface area contributed by atoms with Gasteiger partial charge in [-0.25, -0.2) is 0 Å². The highest BCUT2D eigenvalue weighted by atomic mass is 15.5. The van der Waals surface area contributed by atoms with Gasteiger partial charge in [-0.15, -0.1) is 0 Å². The van der Waals surface area contributed by atoms with E-state index in [2.05, 4.69) is 0 Å². The van der Waals surface area contributed by atoms with Crippen LogP contribution in [0.2, 0.25) is 0 Å². The van der Waals surface area contributed by atoms with Crippen LogP contribution in [0.3, 0.4) is 0 Å². The SMILES string of the molecule is C1CCC[N+]2(CCC1)CC[N+]1(CCCCCCC1)CC2. The molecule has 0 atom stereocenters. The maximum Gasteiger partial charge on any atom is 0.129 e. The smallest absolute Gasteiger partial charge is 0.129 e. The van der Waals surface area contributed by atoms with Gasteiger partial charge in [0, 0.05) is 0 Å². The monoisotopic (exact) mass is 280 g/mol. The Bertz CT molecular complexity index is 242. The molecule has 0 radical (unpaired) electrons. The Morgan fingerprint density at radius 1 is 0.250 bits per heavy atom. The third kappa shape index (κ3) is 3.57. The predicted molar refractivity (Wildman–Crippen MR) is 85.6 cm³/mol. The first-order chi connectivity index (χ1) is 9.83. The van der Waals surface area contributed by atoms with Gasteiger partial charge >= 0.3 is 0 Å². The second-order valence-corrected chi connectivity index (χ2v) is 8.01. The van der Waals surface area contributed by atoms with Crippen molar-refractivity contribution >= 4 is 0 Å². The predicted octanol–water partition coefficient (Wildman–Crippen LogP) is 3.56. The lowest BCUT2D eigenvalue weighted by Crippen LogP contribution is -2.67. The first kappa shape index (κ1) is 14.8. The van der Waals surface area contributed by atoms with E-state index in [0.717, 1.165) is 0 Å². The molecule has 0 bridgehead atoms. The van der Waals surface area contributed by atoms with E-state index in [9.17, 15) is 0 Å². The largest absolute Gasteiger partial charge is 0.314 e. The van der Waals surface area contributed by atoms with E-state index in [0.29, 0.717) is 0 Å². The van der Waals surface area contributed by atoms with Crippen LogP contribution < -0.4 is 0 Å². The lowest BCUT2D eigenvalue weighted by atomic mass is 10.0. The molecule has 0 amide bonds. The van der Waals surface area contributed by atoms with Crippen molar-refractivity contribution in [3.8, 4) is 0 Å². The molecular weight excluding hydrogens is 244 g/mol. The molecule has 2 spiro atoms. The summed E-state index contributed by atoms with van der Waals surface area (Å²) in [6.07, 6.45) is 15.0. The highest BCUT2D eigenvalue weighted by molar-refractivity contribution is 4.61. The minimum Gasteiger partial charge on any atom is -0.314 e. The zero-order valence-corrected chi connectivity index (χ0v) is 13.6. The summed E-state index contributed by atoms with van der Waals surface area (Å²) in [5, 5.41) is 0. The normalized spacial score (nSPS) is 31.2. The summed E-state index contributed by atoms with van der Waals surface area (Å²) in [5.74, 6) is 0. The molecule has 3 saturated heterocycles. The molecule has 116 valence electrons. The Morgan fingerprint density at radius 2 is 0.500 bits per heavy atom. The lowest BCUT2D eigenvalue weighted by Gasteiger charge is -2.51. The number of nitrogens with zero attached hydrogens (tertiary/aromatic N) is 2. The van der Waals surface area contributed by atoms with Crippen molar-refractivity contribution in [2.45, 2.75) is 64.2 Å². The fourth-order valence-electron chi connectivity index (χ4n) is 5.04. The molecule has 3 rings (SSSR count). The maximum atomic E-state index is 1.50. The van der Waals surface area contributed by atoms with E-state index in [1.165, 1.54) is 126 Å². The van der Waals surface area contributed by atoms with E-state index in [1.807, 2.05) is 0 Å². The van der Waals surface area contributed by atoms with Gasteiger partial charge in [0.1, 0.15) is 26.2 Å². The molecule has 0 saturated carbocycles. The van der Waals surface area contributed by atoms with Crippen molar-refractivity contribution in [3.05, 3.63) is 0 Å². The number of piperazine rings is 1. The van der Waals surface area contributed by atoms with Crippen LogP contribution in [0.25, 0.3) is 0 Å². The van der Waals surface area contributed by atoms with Gasteiger partial charge in [0.15, 0.2) is 0 Å². The van der Waals surface area contributed by atoms with Crippen molar-refractivity contribution in [1.29, 1.82) is 0 Å². The summed E-state index contributed by atoms with van der Waals surface area (Å²) in [5.41, 5.74) is 0. The molecule has 0 N–H and O–H groups in total. The first-order valence-corrected chi connectivity index (χ1v) is 9.53. The van der Waals surface area contributed by atoms with Crippen LogP contribution in [0.5, 0.6) is 0 Å². The van der Waals surface area contributed by atoms with Crippen LogP contribution in [-0.4, -0.2) is 61.3 Å². The summed E-state index contributed by atoms with van der Waals surface area (Å²) in [4.78, 5) is 0. The topological polar surface area (TPSA) is 0 Å². The van der Waals surface area contributed by atoms with Gasteiger partial charge < -0.3 is 8.97 Å². The Kier molecular flexibility index (Phi) is 5.04. The Labute approximate surface area is 126 Å². The molecule has 0 aromatic rings. The van der Waals surface area contributed by atoms with Gasteiger partial charge in [-0.05, 0) is 51.4 Å². The van der Waals surface area contributed by atoms with E-state index in [4.69, 9.17) is 0 Å². The van der Waals surface area contributed by atoms with Gasteiger partial charge in [-0.2, -0.15) is 0 Å². The van der Waals surface area contributed by atoms with Gasteiger partial charge in [-0.3, -0.25) is 0 Å². The first-order valence-electron chi connectivity index (χ1n) is 9.53. The Morgan fingerprint density at radius 3 is 0.800 bits per heavy atom. The van der Waals surface area contributed by atoms with Crippen LogP contribution in [0.4, 0.5) is 0 Å². The summed E-state index contributed by atoms with van der Waals surface area (Å²) in [7, 11) is 0. The molecule has 3 fully saturated rings. The third-order valence-corrected chi connectivity index (χ3v) is 6.63. The highest BCUT2D eigenvalue weighted by Crippen LogP contribution is 2.27. The summed E-state index contributed by atoms with van der Waals surface area (Å²) >= 11 is 0. The standard InChI is InChI=1S/C18H36N2/c1-3-7-11-19(12-8-4-1)15-17-20(18-16-19)13-9-5-2-6-10-14-20/h1-18H2/q+2. The average molecular weight is 280 g/mol. The minimum absolute atomic E-state index is 1.50. The maximum absolute atomic E-state index is 1.50. The zero-order chi connectivity index (χ0) is 13.7. The molecule has 0 aliphatic carbocycles.